The maximum atomic E-state index is 13.7. The van der Waals surface area contributed by atoms with Crippen LogP contribution in [0.1, 0.15) is 57.4 Å². The molecule has 208 valence electrons. The number of carbonyl (C=O) groups is 1. The van der Waals surface area contributed by atoms with Gasteiger partial charge in [-0.1, -0.05) is 59.9 Å². The monoisotopic (exact) mass is 552 g/mol. The Balaban J connectivity index is 1.54. The van der Waals surface area contributed by atoms with E-state index in [1.54, 1.807) is 38.5 Å². The molecule has 1 amide bonds. The highest BCUT2D eigenvalue weighted by molar-refractivity contribution is 5.95. The van der Waals surface area contributed by atoms with Crippen molar-refractivity contribution in [2.75, 3.05) is 27.3 Å². The smallest absolute Gasteiger partial charge is 0.253 e. The summed E-state index contributed by atoms with van der Waals surface area (Å²) >= 11 is 0. The second-order valence-corrected chi connectivity index (χ2v) is 10.2. The van der Waals surface area contributed by atoms with Crippen LogP contribution in [0.4, 0.5) is 0 Å². The summed E-state index contributed by atoms with van der Waals surface area (Å²) < 4.78 is 11.1. The lowest BCUT2D eigenvalue weighted by atomic mass is 9.83. The van der Waals surface area contributed by atoms with Crippen LogP contribution < -0.4 is 9.47 Å². The van der Waals surface area contributed by atoms with Crippen molar-refractivity contribution in [2.24, 2.45) is 0 Å². The summed E-state index contributed by atoms with van der Waals surface area (Å²) in [7, 11) is 3.27. The van der Waals surface area contributed by atoms with E-state index in [1.807, 2.05) is 59.5 Å². The first-order chi connectivity index (χ1) is 20.5. The third kappa shape index (κ3) is 6.22. The maximum absolute atomic E-state index is 13.7. The molecule has 0 spiro atoms. The number of rotatable bonds is 5. The van der Waals surface area contributed by atoms with E-state index in [1.165, 1.54) is 11.1 Å². The molecular formula is C37H32N2O3. The minimum atomic E-state index is -0.0927. The van der Waals surface area contributed by atoms with Gasteiger partial charge in [-0.25, -0.2) is 0 Å². The number of methoxy groups -OCH3 is 2. The van der Waals surface area contributed by atoms with E-state index in [0.29, 0.717) is 35.7 Å². The minimum Gasteiger partial charge on any atom is -0.493 e. The summed E-state index contributed by atoms with van der Waals surface area (Å²) in [5.74, 6) is 7.64. The molecule has 0 aliphatic carbocycles. The molecule has 1 aliphatic heterocycles. The molecule has 5 heteroatoms. The molecule has 5 nitrogen and oxygen atoms in total. The van der Waals surface area contributed by atoms with Crippen LogP contribution in [0, 0.1) is 23.2 Å². The van der Waals surface area contributed by atoms with E-state index in [2.05, 4.69) is 43.0 Å². The van der Waals surface area contributed by atoms with Gasteiger partial charge in [-0.2, -0.15) is 5.26 Å². The zero-order valence-corrected chi connectivity index (χ0v) is 24.1. The highest BCUT2D eigenvalue weighted by atomic mass is 16.5. The Labute approximate surface area is 247 Å². The van der Waals surface area contributed by atoms with Gasteiger partial charge >= 0.3 is 0 Å². The highest BCUT2D eigenvalue weighted by Crippen LogP contribution is 2.41. The van der Waals surface area contributed by atoms with E-state index in [9.17, 15) is 10.1 Å². The highest BCUT2D eigenvalue weighted by Gasteiger charge is 2.30. The molecule has 0 bridgehead atoms. The van der Waals surface area contributed by atoms with Gasteiger partial charge in [0.1, 0.15) is 0 Å². The van der Waals surface area contributed by atoms with Crippen molar-refractivity contribution in [1.29, 1.82) is 5.26 Å². The average Bonchev–Trinajstić information content (AvgIpc) is 3.22. The summed E-state index contributed by atoms with van der Waals surface area (Å²) in [6, 6.07) is 33.3. The van der Waals surface area contributed by atoms with Crippen molar-refractivity contribution in [3.63, 3.8) is 0 Å². The van der Waals surface area contributed by atoms with Crippen LogP contribution in [-0.4, -0.2) is 38.1 Å². The molecule has 1 unspecified atom stereocenters. The van der Waals surface area contributed by atoms with Gasteiger partial charge < -0.3 is 14.4 Å². The van der Waals surface area contributed by atoms with Gasteiger partial charge in [0.05, 0.1) is 25.9 Å². The van der Waals surface area contributed by atoms with E-state index in [-0.39, 0.29) is 11.8 Å². The minimum absolute atomic E-state index is 0.0798. The standard InChI is InChI=1S/C37H32N2O3/c1-26-20-21-39(37(40)32-11-7-10-29(22-32)24-38)25-33(36(26)31-18-19-34(41-2)35(23-31)42-3)30-16-14-28(15-17-30)13-12-27-8-5-4-6-9-27/h4-11,14-19,22-23,33H,20-21,25H2,1-3H3. The summed E-state index contributed by atoms with van der Waals surface area (Å²) in [5, 5.41) is 9.38. The molecule has 4 aromatic carbocycles. The molecule has 1 heterocycles. The predicted molar refractivity (Wildman–Crippen MR) is 165 cm³/mol. The molecule has 0 N–H and O–H groups in total. The van der Waals surface area contributed by atoms with Crippen molar-refractivity contribution < 1.29 is 14.3 Å². The zero-order chi connectivity index (χ0) is 29.5. The molecular weight excluding hydrogens is 520 g/mol. The van der Waals surface area contributed by atoms with Crippen LogP contribution in [0.3, 0.4) is 0 Å². The van der Waals surface area contributed by atoms with E-state index in [4.69, 9.17) is 9.47 Å². The second kappa shape index (κ2) is 12.9. The van der Waals surface area contributed by atoms with Gasteiger partial charge in [0, 0.05) is 35.7 Å². The van der Waals surface area contributed by atoms with Crippen LogP contribution in [0.2, 0.25) is 0 Å². The first-order valence-electron chi connectivity index (χ1n) is 13.9. The molecule has 5 rings (SSSR count). The number of ether oxygens (including phenoxy) is 2. The van der Waals surface area contributed by atoms with Gasteiger partial charge in [-0.05, 0) is 84.6 Å². The van der Waals surface area contributed by atoms with Crippen LogP contribution in [-0.2, 0) is 0 Å². The SMILES string of the molecule is COc1ccc(C2=C(C)CCN(C(=O)c3cccc(C#N)c3)CC2c2ccc(C#Cc3ccccc3)cc2)cc1OC. The molecule has 0 saturated carbocycles. The van der Waals surface area contributed by atoms with Gasteiger partial charge in [-0.3, -0.25) is 4.79 Å². The van der Waals surface area contributed by atoms with Crippen LogP contribution >= 0.6 is 0 Å². The Morgan fingerprint density at radius 1 is 0.810 bits per heavy atom. The number of carbonyl (C=O) groups excluding carboxylic acids is 1. The number of hydrogen-bond acceptors (Lipinski definition) is 4. The Morgan fingerprint density at radius 2 is 1.50 bits per heavy atom. The van der Waals surface area contributed by atoms with Gasteiger partial charge in [0.25, 0.3) is 5.91 Å². The third-order valence-electron chi connectivity index (χ3n) is 7.63. The van der Waals surface area contributed by atoms with E-state index >= 15 is 0 Å². The molecule has 42 heavy (non-hydrogen) atoms. The summed E-state index contributed by atoms with van der Waals surface area (Å²) in [4.78, 5) is 15.7. The molecule has 1 aliphatic rings. The van der Waals surface area contributed by atoms with Crippen molar-refractivity contribution in [2.45, 2.75) is 19.3 Å². The van der Waals surface area contributed by atoms with Crippen molar-refractivity contribution >= 4 is 11.5 Å². The number of benzene rings is 4. The quantitative estimate of drug-likeness (QED) is 0.248. The predicted octanol–water partition coefficient (Wildman–Crippen LogP) is 7.08. The van der Waals surface area contributed by atoms with Crippen molar-refractivity contribution in [3.05, 3.63) is 136 Å². The fraction of sp³-hybridized carbons (Fsp3) is 0.189. The molecule has 0 aromatic heterocycles. The zero-order valence-electron chi connectivity index (χ0n) is 24.1. The molecule has 0 fully saturated rings. The topological polar surface area (TPSA) is 62.6 Å². The number of amides is 1. The fourth-order valence-electron chi connectivity index (χ4n) is 5.41. The van der Waals surface area contributed by atoms with Crippen LogP contribution in [0.15, 0.2) is 103 Å². The summed E-state index contributed by atoms with van der Waals surface area (Å²) in [6.45, 7) is 3.21. The third-order valence-corrected chi connectivity index (χ3v) is 7.63. The Kier molecular flexibility index (Phi) is 8.71. The Bertz CT molecular complexity index is 1720. The lowest BCUT2D eigenvalue weighted by Gasteiger charge is -2.28. The average molecular weight is 553 g/mol. The number of nitrogens with zero attached hydrogens (tertiary/aromatic N) is 2. The fourth-order valence-corrected chi connectivity index (χ4v) is 5.41. The van der Waals surface area contributed by atoms with E-state index in [0.717, 1.165) is 28.7 Å². The molecule has 1 atom stereocenters. The Morgan fingerprint density at radius 3 is 2.19 bits per heavy atom. The van der Waals surface area contributed by atoms with Crippen LogP contribution in [0.5, 0.6) is 11.5 Å². The lowest BCUT2D eigenvalue weighted by Crippen LogP contribution is -2.34. The normalized spacial score (nSPS) is 14.7. The van der Waals surface area contributed by atoms with E-state index < -0.39 is 0 Å². The summed E-state index contributed by atoms with van der Waals surface area (Å²) in [6.07, 6.45) is 0.727. The maximum Gasteiger partial charge on any atom is 0.253 e. The molecule has 4 aromatic rings. The summed E-state index contributed by atoms with van der Waals surface area (Å²) in [5.41, 5.74) is 7.38. The first kappa shape index (κ1) is 28.3. The van der Waals surface area contributed by atoms with Gasteiger partial charge in [0.15, 0.2) is 11.5 Å². The second-order valence-electron chi connectivity index (χ2n) is 10.2. The van der Waals surface area contributed by atoms with Gasteiger partial charge in [-0.15, -0.1) is 0 Å². The molecule has 0 radical (unpaired) electrons. The van der Waals surface area contributed by atoms with Crippen molar-refractivity contribution in [1.82, 2.24) is 4.90 Å². The number of hydrogen-bond donors (Lipinski definition) is 0. The van der Waals surface area contributed by atoms with Crippen LogP contribution in [0.25, 0.3) is 5.57 Å². The number of nitriles is 1. The van der Waals surface area contributed by atoms with Gasteiger partial charge in [0.2, 0.25) is 0 Å². The largest absolute Gasteiger partial charge is 0.493 e. The van der Waals surface area contributed by atoms with Crippen molar-refractivity contribution in [3.8, 4) is 29.4 Å². The Hall–Kier alpha value is -5.26. The molecule has 0 saturated heterocycles. The lowest BCUT2D eigenvalue weighted by molar-refractivity contribution is 0.0757. The first-order valence-corrected chi connectivity index (χ1v) is 13.9.